The van der Waals surface area contributed by atoms with E-state index in [9.17, 15) is 14.7 Å². The molecule has 2 aliphatic heterocycles. The molecule has 2 saturated heterocycles. The number of nitrogens with zero attached hydrogens (tertiary/aromatic N) is 6. The number of likely N-dealkylation sites (tertiary alicyclic amines) is 1. The first-order chi connectivity index (χ1) is 23.6. The number of anilines is 2. The molecular weight excluding hydrogens is 618 g/mol. The van der Waals surface area contributed by atoms with E-state index in [4.69, 9.17) is 4.74 Å². The van der Waals surface area contributed by atoms with Crippen molar-refractivity contribution in [2.75, 3.05) is 38.2 Å². The first-order valence-electron chi connectivity index (χ1n) is 17.0. The highest BCUT2D eigenvalue weighted by molar-refractivity contribution is 5.82. The Labute approximate surface area is 285 Å². The van der Waals surface area contributed by atoms with E-state index in [-0.39, 0.29) is 23.1 Å². The maximum Gasteiger partial charge on any atom is 0.290 e. The average Bonchev–Trinajstić information content (AvgIpc) is 3.08. The van der Waals surface area contributed by atoms with Gasteiger partial charge in [-0.25, -0.2) is 9.67 Å². The van der Waals surface area contributed by atoms with Crippen molar-refractivity contribution in [1.29, 1.82) is 0 Å². The maximum atomic E-state index is 13.7. The second-order valence-electron chi connectivity index (χ2n) is 14.3. The third kappa shape index (κ3) is 6.66. The Morgan fingerprint density at radius 2 is 1.78 bits per heavy atom. The molecule has 0 unspecified atom stereocenters. The molecule has 3 aromatic heterocycles. The highest BCUT2D eigenvalue weighted by atomic mass is 16.5. The van der Waals surface area contributed by atoms with Crippen molar-refractivity contribution in [3.63, 3.8) is 0 Å². The number of benzene rings is 2. The van der Waals surface area contributed by atoms with E-state index in [1.807, 2.05) is 36.5 Å². The molecule has 11 nitrogen and oxygen atoms in total. The van der Waals surface area contributed by atoms with E-state index in [0.29, 0.717) is 51.2 Å². The van der Waals surface area contributed by atoms with Gasteiger partial charge < -0.3 is 20.1 Å². The minimum Gasteiger partial charge on any atom is -0.392 e. The SMILES string of the molecule is Cn1nc(-c2cccc(-n3ncc4cc(C(C)(C)C)ccc4c3=O)c2CO)cc(Nc2ccc(C3CCN(CC4COC4)CC3)cn2)c1=O. The van der Waals surface area contributed by atoms with E-state index in [0.717, 1.165) is 56.6 Å². The fraction of sp³-hybridized carbons (Fsp3) is 0.395. The predicted molar refractivity (Wildman–Crippen MR) is 191 cm³/mol. The molecular formula is C38H43N7O4. The number of fused-ring (bicyclic) bond motifs is 1. The van der Waals surface area contributed by atoms with Crippen LogP contribution >= 0.6 is 0 Å². The normalized spacial score (nSPS) is 16.2. The van der Waals surface area contributed by atoms with Gasteiger partial charge in [0.1, 0.15) is 11.5 Å². The third-order valence-corrected chi connectivity index (χ3v) is 9.86. The Kier molecular flexibility index (Phi) is 8.91. The van der Waals surface area contributed by atoms with Gasteiger partial charge in [-0.1, -0.05) is 45.0 Å². The van der Waals surface area contributed by atoms with Crippen molar-refractivity contribution in [2.45, 2.75) is 51.6 Å². The molecule has 5 aromatic rings. The molecule has 0 bridgehead atoms. The van der Waals surface area contributed by atoms with Crippen molar-refractivity contribution in [3.05, 3.63) is 104 Å². The molecule has 49 heavy (non-hydrogen) atoms. The lowest BCUT2D eigenvalue weighted by atomic mass is 9.86. The van der Waals surface area contributed by atoms with Gasteiger partial charge in [-0.2, -0.15) is 14.9 Å². The molecule has 0 saturated carbocycles. The molecule has 5 heterocycles. The Balaban J connectivity index is 1.14. The van der Waals surface area contributed by atoms with Crippen LogP contribution < -0.4 is 16.4 Å². The van der Waals surface area contributed by atoms with E-state index in [1.54, 1.807) is 31.4 Å². The lowest BCUT2D eigenvalue weighted by Gasteiger charge is -2.36. The number of hydrogen-bond donors (Lipinski definition) is 2. The summed E-state index contributed by atoms with van der Waals surface area (Å²) >= 11 is 0. The van der Waals surface area contributed by atoms with Gasteiger partial charge in [0.25, 0.3) is 11.1 Å². The van der Waals surface area contributed by atoms with Gasteiger partial charge in [0.2, 0.25) is 0 Å². The van der Waals surface area contributed by atoms with Crippen LogP contribution in [0.5, 0.6) is 0 Å². The quantitative estimate of drug-likeness (QED) is 0.239. The molecule has 0 aliphatic carbocycles. The predicted octanol–water partition coefficient (Wildman–Crippen LogP) is 4.90. The number of ether oxygens (including phenoxy) is 1. The van der Waals surface area contributed by atoms with Gasteiger partial charge in [-0.05, 0) is 78.7 Å². The summed E-state index contributed by atoms with van der Waals surface area (Å²) in [6.45, 7) is 11.1. The van der Waals surface area contributed by atoms with Crippen LogP contribution in [0.15, 0.2) is 76.6 Å². The smallest absolute Gasteiger partial charge is 0.290 e. The summed E-state index contributed by atoms with van der Waals surface area (Å²) in [5.41, 5.74) is 3.88. The number of aliphatic hydroxyl groups excluding tert-OH is 1. The number of rotatable bonds is 8. The number of piperidine rings is 1. The van der Waals surface area contributed by atoms with Crippen LogP contribution in [0.4, 0.5) is 11.5 Å². The molecule has 254 valence electrons. The largest absolute Gasteiger partial charge is 0.392 e. The summed E-state index contributed by atoms with van der Waals surface area (Å²) in [4.78, 5) is 34.1. The fourth-order valence-electron chi connectivity index (χ4n) is 6.86. The van der Waals surface area contributed by atoms with Crippen molar-refractivity contribution in [2.24, 2.45) is 13.0 Å². The number of aromatic nitrogens is 5. The minimum atomic E-state index is -0.370. The van der Waals surface area contributed by atoms with Crippen molar-refractivity contribution >= 4 is 22.3 Å². The summed E-state index contributed by atoms with van der Waals surface area (Å²) in [6, 6.07) is 16.8. The second kappa shape index (κ2) is 13.3. The van der Waals surface area contributed by atoms with Gasteiger partial charge in [0, 0.05) is 42.2 Å². The molecule has 2 aromatic carbocycles. The fourth-order valence-corrected chi connectivity index (χ4v) is 6.86. The van der Waals surface area contributed by atoms with Crippen molar-refractivity contribution in [1.82, 2.24) is 29.4 Å². The van der Waals surface area contributed by atoms with Crippen LogP contribution in [0.2, 0.25) is 0 Å². The summed E-state index contributed by atoms with van der Waals surface area (Å²) in [5, 5.41) is 24.1. The zero-order valence-corrected chi connectivity index (χ0v) is 28.5. The van der Waals surface area contributed by atoms with E-state index >= 15 is 0 Å². The minimum absolute atomic E-state index is 0.0689. The lowest BCUT2D eigenvalue weighted by Crippen LogP contribution is -2.42. The second-order valence-corrected chi connectivity index (χ2v) is 14.3. The summed E-state index contributed by atoms with van der Waals surface area (Å²) < 4.78 is 7.91. The van der Waals surface area contributed by atoms with E-state index < -0.39 is 0 Å². The first-order valence-corrected chi connectivity index (χ1v) is 17.0. The number of hydrogen-bond acceptors (Lipinski definition) is 9. The van der Waals surface area contributed by atoms with Crippen molar-refractivity contribution in [3.8, 4) is 16.9 Å². The summed E-state index contributed by atoms with van der Waals surface area (Å²) in [7, 11) is 1.58. The average molecular weight is 662 g/mol. The zero-order chi connectivity index (χ0) is 34.3. The molecule has 0 amide bonds. The van der Waals surface area contributed by atoms with Gasteiger partial charge in [0.05, 0.1) is 42.8 Å². The number of aryl methyl sites for hydroxylation is 1. The number of pyridine rings is 1. The molecule has 2 N–H and O–H groups in total. The molecule has 0 spiro atoms. The van der Waals surface area contributed by atoms with Gasteiger partial charge in [0.15, 0.2) is 0 Å². The molecule has 11 heteroatoms. The molecule has 2 fully saturated rings. The van der Waals surface area contributed by atoms with Crippen LogP contribution in [0.3, 0.4) is 0 Å². The topological polar surface area (TPSA) is 127 Å². The lowest BCUT2D eigenvalue weighted by molar-refractivity contribution is -0.0487. The molecule has 2 aliphatic rings. The number of aliphatic hydroxyl groups is 1. The maximum absolute atomic E-state index is 13.7. The summed E-state index contributed by atoms with van der Waals surface area (Å²) in [6.07, 6.45) is 5.78. The van der Waals surface area contributed by atoms with Gasteiger partial charge in [-0.15, -0.1) is 0 Å². The van der Waals surface area contributed by atoms with E-state index in [1.165, 1.54) is 14.9 Å². The molecule has 0 radical (unpaired) electrons. The molecule has 7 rings (SSSR count). The van der Waals surface area contributed by atoms with E-state index in [2.05, 4.69) is 52.2 Å². The Bertz CT molecular complexity index is 2110. The monoisotopic (exact) mass is 661 g/mol. The van der Waals surface area contributed by atoms with Crippen LogP contribution in [-0.2, 0) is 23.8 Å². The van der Waals surface area contributed by atoms with Crippen molar-refractivity contribution < 1.29 is 9.84 Å². The Morgan fingerprint density at radius 1 is 0.980 bits per heavy atom. The van der Waals surface area contributed by atoms with Crippen LogP contribution in [-0.4, -0.2) is 67.4 Å². The molecule has 0 atom stereocenters. The Hall–Kier alpha value is -4.71. The summed E-state index contributed by atoms with van der Waals surface area (Å²) in [5.74, 6) is 1.70. The number of nitrogens with one attached hydrogen (secondary N) is 1. The first kappa shape index (κ1) is 32.8. The third-order valence-electron chi connectivity index (χ3n) is 9.86. The van der Waals surface area contributed by atoms with Gasteiger partial charge >= 0.3 is 0 Å². The van der Waals surface area contributed by atoms with Crippen LogP contribution in [0, 0.1) is 5.92 Å². The standard InChI is InChI=1S/C38H43N7O4/c1-38(2,3)28-9-10-29-27(16-28)19-40-45(36(29)47)34-7-5-6-30(31(34)21-46)32-17-33(37(48)43(4)42-32)41-35-11-8-26(18-39-35)25-12-14-44(15-13-25)20-24-22-49-23-24/h5-11,16-19,24-25,46H,12-15,20-23H2,1-4H3,(H,39,41). The zero-order valence-electron chi connectivity index (χ0n) is 28.5. The van der Waals surface area contributed by atoms with Gasteiger partial charge in [-0.3, -0.25) is 9.59 Å². The van der Waals surface area contributed by atoms with Crippen LogP contribution in [0.25, 0.3) is 27.7 Å². The Morgan fingerprint density at radius 3 is 2.45 bits per heavy atom. The van der Waals surface area contributed by atoms with Crippen LogP contribution in [0.1, 0.15) is 56.2 Å². The highest BCUT2D eigenvalue weighted by Gasteiger charge is 2.26. The highest BCUT2D eigenvalue weighted by Crippen LogP contribution is 2.31.